The van der Waals surface area contributed by atoms with Crippen molar-refractivity contribution >= 4 is 11.8 Å². The molecule has 5 heteroatoms. The van der Waals surface area contributed by atoms with Crippen LogP contribution in [0, 0.1) is 5.92 Å². The van der Waals surface area contributed by atoms with Gasteiger partial charge in [0.15, 0.2) is 0 Å². The maximum atomic E-state index is 12.4. The van der Waals surface area contributed by atoms with Gasteiger partial charge in [0.2, 0.25) is 11.8 Å². The topological polar surface area (TPSA) is 52.7 Å². The zero-order valence-corrected chi connectivity index (χ0v) is 10.7. The lowest BCUT2D eigenvalue weighted by Gasteiger charge is -2.39. The van der Waals surface area contributed by atoms with Crippen molar-refractivity contribution in [3.05, 3.63) is 0 Å². The number of carbonyl (C=O) groups excluding carboxylic acids is 2. The average molecular weight is 251 g/mol. The predicted octanol–water partition coefficient (Wildman–Crippen LogP) is -0.181. The van der Waals surface area contributed by atoms with Crippen LogP contribution in [-0.2, 0) is 9.59 Å². The minimum absolute atomic E-state index is 0.00986. The standard InChI is InChI=1S/C13H21N3O2/c17-12-4-3-10(8-14-12)13(18)16-7-6-15-5-1-2-11(15)9-16/h10-11H,1-9H2,(H,14,17). The zero-order chi connectivity index (χ0) is 12.5. The number of hydrogen-bond donors (Lipinski definition) is 1. The summed E-state index contributed by atoms with van der Waals surface area (Å²) in [6.07, 6.45) is 3.71. The summed E-state index contributed by atoms with van der Waals surface area (Å²) in [5.74, 6) is 0.344. The summed E-state index contributed by atoms with van der Waals surface area (Å²) in [7, 11) is 0. The van der Waals surface area contributed by atoms with Crippen LogP contribution in [0.5, 0.6) is 0 Å². The summed E-state index contributed by atoms with van der Waals surface area (Å²) in [6.45, 7) is 4.51. The quantitative estimate of drug-likeness (QED) is 0.703. The van der Waals surface area contributed by atoms with Crippen LogP contribution in [0.15, 0.2) is 0 Å². The number of piperidine rings is 1. The number of rotatable bonds is 1. The Hall–Kier alpha value is -1.10. The summed E-state index contributed by atoms with van der Waals surface area (Å²) in [4.78, 5) is 28.0. The first kappa shape index (κ1) is 12.0. The molecule has 2 atom stereocenters. The molecule has 0 spiro atoms. The first-order chi connectivity index (χ1) is 8.74. The second-order valence-electron chi connectivity index (χ2n) is 5.66. The van der Waals surface area contributed by atoms with Gasteiger partial charge in [0, 0.05) is 38.6 Å². The Kier molecular flexibility index (Phi) is 3.24. The Labute approximate surface area is 107 Å². The fourth-order valence-electron chi connectivity index (χ4n) is 3.39. The number of nitrogens with zero attached hydrogens (tertiary/aromatic N) is 2. The fourth-order valence-corrected chi connectivity index (χ4v) is 3.39. The molecule has 0 bridgehead atoms. The summed E-state index contributed by atoms with van der Waals surface area (Å²) >= 11 is 0. The molecule has 0 radical (unpaired) electrons. The minimum atomic E-state index is 0.00986. The van der Waals surface area contributed by atoms with Crippen molar-refractivity contribution in [1.29, 1.82) is 0 Å². The second-order valence-corrected chi connectivity index (χ2v) is 5.66. The highest BCUT2D eigenvalue weighted by molar-refractivity contribution is 5.83. The Balaban J connectivity index is 1.57. The van der Waals surface area contributed by atoms with E-state index >= 15 is 0 Å². The van der Waals surface area contributed by atoms with Gasteiger partial charge in [0.25, 0.3) is 0 Å². The van der Waals surface area contributed by atoms with E-state index in [9.17, 15) is 9.59 Å². The molecule has 3 aliphatic rings. The Morgan fingerprint density at radius 3 is 2.89 bits per heavy atom. The number of carbonyl (C=O) groups is 2. The van der Waals surface area contributed by atoms with Gasteiger partial charge in [-0.25, -0.2) is 0 Å². The molecule has 0 aromatic rings. The molecule has 0 aromatic heterocycles. The van der Waals surface area contributed by atoms with E-state index in [1.807, 2.05) is 4.90 Å². The van der Waals surface area contributed by atoms with E-state index in [1.54, 1.807) is 0 Å². The van der Waals surface area contributed by atoms with Gasteiger partial charge in [-0.3, -0.25) is 14.5 Å². The number of piperazine rings is 1. The smallest absolute Gasteiger partial charge is 0.227 e. The molecular formula is C13H21N3O2. The number of nitrogens with one attached hydrogen (secondary N) is 1. The maximum absolute atomic E-state index is 12.4. The van der Waals surface area contributed by atoms with Crippen molar-refractivity contribution in [3.8, 4) is 0 Å². The highest BCUT2D eigenvalue weighted by atomic mass is 16.2. The molecule has 3 heterocycles. The van der Waals surface area contributed by atoms with Crippen LogP contribution >= 0.6 is 0 Å². The van der Waals surface area contributed by atoms with Gasteiger partial charge in [0.1, 0.15) is 0 Å². The second kappa shape index (κ2) is 4.88. The van der Waals surface area contributed by atoms with Crippen LogP contribution in [0.25, 0.3) is 0 Å². The van der Waals surface area contributed by atoms with Gasteiger partial charge in [-0.15, -0.1) is 0 Å². The minimum Gasteiger partial charge on any atom is -0.355 e. The third-order valence-corrected chi connectivity index (χ3v) is 4.51. The largest absolute Gasteiger partial charge is 0.355 e. The first-order valence-corrected chi connectivity index (χ1v) is 7.03. The Bertz CT molecular complexity index is 348. The fraction of sp³-hybridized carbons (Fsp3) is 0.846. The third-order valence-electron chi connectivity index (χ3n) is 4.51. The Morgan fingerprint density at radius 2 is 2.11 bits per heavy atom. The van der Waals surface area contributed by atoms with Crippen LogP contribution in [0.3, 0.4) is 0 Å². The van der Waals surface area contributed by atoms with Gasteiger partial charge in [0.05, 0.1) is 5.92 Å². The molecule has 1 N–H and O–H groups in total. The molecule has 3 saturated heterocycles. The normalized spacial score (nSPS) is 33.1. The van der Waals surface area contributed by atoms with E-state index in [0.717, 1.165) is 26.1 Å². The van der Waals surface area contributed by atoms with Crippen LogP contribution in [0.1, 0.15) is 25.7 Å². The highest BCUT2D eigenvalue weighted by Crippen LogP contribution is 2.23. The summed E-state index contributed by atoms with van der Waals surface area (Å²) in [6, 6.07) is 0.584. The van der Waals surface area contributed by atoms with Crippen molar-refractivity contribution in [1.82, 2.24) is 15.1 Å². The monoisotopic (exact) mass is 251 g/mol. The number of amides is 2. The molecule has 0 saturated carbocycles. The van der Waals surface area contributed by atoms with Crippen molar-refractivity contribution in [3.63, 3.8) is 0 Å². The van der Waals surface area contributed by atoms with Crippen molar-refractivity contribution < 1.29 is 9.59 Å². The number of fused-ring (bicyclic) bond motifs is 1. The lowest BCUT2D eigenvalue weighted by molar-refractivity contribution is -0.139. The molecular weight excluding hydrogens is 230 g/mol. The van der Waals surface area contributed by atoms with E-state index in [0.29, 0.717) is 19.0 Å². The van der Waals surface area contributed by atoms with Crippen molar-refractivity contribution in [2.45, 2.75) is 31.7 Å². The molecule has 100 valence electrons. The molecule has 0 aliphatic carbocycles. The summed E-state index contributed by atoms with van der Waals surface area (Å²) < 4.78 is 0. The molecule has 2 unspecified atom stereocenters. The lowest BCUT2D eigenvalue weighted by Crippen LogP contribution is -2.55. The van der Waals surface area contributed by atoms with E-state index < -0.39 is 0 Å². The van der Waals surface area contributed by atoms with Crippen LogP contribution in [0.4, 0.5) is 0 Å². The first-order valence-electron chi connectivity index (χ1n) is 7.03. The summed E-state index contributed by atoms with van der Waals surface area (Å²) in [5.41, 5.74) is 0. The van der Waals surface area contributed by atoms with Gasteiger partial charge in [-0.1, -0.05) is 0 Å². The van der Waals surface area contributed by atoms with E-state index in [4.69, 9.17) is 0 Å². The van der Waals surface area contributed by atoms with Gasteiger partial charge < -0.3 is 10.2 Å². The van der Waals surface area contributed by atoms with E-state index in [1.165, 1.54) is 19.4 Å². The molecule has 0 aromatic carbocycles. The summed E-state index contributed by atoms with van der Waals surface area (Å²) in [5, 5.41) is 2.80. The van der Waals surface area contributed by atoms with Gasteiger partial charge in [-0.05, 0) is 25.8 Å². The molecule has 5 nitrogen and oxygen atoms in total. The van der Waals surface area contributed by atoms with Crippen molar-refractivity contribution in [2.75, 3.05) is 32.7 Å². The third kappa shape index (κ3) is 2.23. The molecule has 18 heavy (non-hydrogen) atoms. The zero-order valence-electron chi connectivity index (χ0n) is 10.7. The van der Waals surface area contributed by atoms with E-state index in [2.05, 4.69) is 10.2 Å². The number of hydrogen-bond acceptors (Lipinski definition) is 3. The SMILES string of the molecule is O=C1CCC(C(=O)N2CCN3CCCC3C2)CN1. The predicted molar refractivity (Wildman–Crippen MR) is 66.9 cm³/mol. The highest BCUT2D eigenvalue weighted by Gasteiger charge is 2.35. The van der Waals surface area contributed by atoms with Crippen LogP contribution in [0.2, 0.25) is 0 Å². The van der Waals surface area contributed by atoms with Crippen LogP contribution < -0.4 is 5.32 Å². The lowest BCUT2D eigenvalue weighted by atomic mass is 9.97. The molecule has 2 amide bonds. The molecule has 3 aliphatic heterocycles. The van der Waals surface area contributed by atoms with Gasteiger partial charge in [-0.2, -0.15) is 0 Å². The maximum Gasteiger partial charge on any atom is 0.227 e. The van der Waals surface area contributed by atoms with Gasteiger partial charge >= 0.3 is 0 Å². The molecule has 3 rings (SSSR count). The van der Waals surface area contributed by atoms with Crippen LogP contribution in [-0.4, -0.2) is 60.4 Å². The van der Waals surface area contributed by atoms with Crippen molar-refractivity contribution in [2.24, 2.45) is 5.92 Å². The Morgan fingerprint density at radius 1 is 1.22 bits per heavy atom. The van der Waals surface area contributed by atoms with E-state index in [-0.39, 0.29) is 17.7 Å². The molecule has 3 fully saturated rings. The average Bonchev–Trinajstić information content (AvgIpc) is 2.86.